The van der Waals surface area contributed by atoms with Crippen molar-refractivity contribution in [3.8, 4) is 5.69 Å². The fourth-order valence-corrected chi connectivity index (χ4v) is 4.45. The van der Waals surface area contributed by atoms with Crippen LogP contribution >= 0.6 is 0 Å². The first kappa shape index (κ1) is 17.7. The highest BCUT2D eigenvalue weighted by atomic mass is 16.2. The van der Waals surface area contributed by atoms with Crippen LogP contribution in [0, 0.1) is 13.8 Å². The molecule has 9 nitrogen and oxygen atoms in total. The van der Waals surface area contributed by atoms with E-state index in [0.29, 0.717) is 24.3 Å². The molecule has 29 heavy (non-hydrogen) atoms. The fraction of sp³-hybridized carbons (Fsp3) is 0.400. The van der Waals surface area contributed by atoms with Gasteiger partial charge in [0.25, 0.3) is 5.91 Å². The lowest BCUT2D eigenvalue weighted by atomic mass is 10.1. The first-order chi connectivity index (χ1) is 14.1. The Morgan fingerprint density at radius 2 is 1.66 bits per heavy atom. The quantitative estimate of drug-likeness (QED) is 0.670. The summed E-state index contributed by atoms with van der Waals surface area (Å²) in [6, 6.07) is 4.18. The normalized spacial score (nSPS) is 20.9. The van der Waals surface area contributed by atoms with Crippen LogP contribution in [0.4, 0.5) is 5.95 Å². The van der Waals surface area contributed by atoms with E-state index in [-0.39, 0.29) is 18.0 Å². The second-order valence-corrected chi connectivity index (χ2v) is 7.66. The number of fused-ring (bicyclic) bond motifs is 2. The van der Waals surface area contributed by atoms with Gasteiger partial charge >= 0.3 is 0 Å². The molecule has 2 saturated heterocycles. The number of hydrogen-bond acceptors (Lipinski definition) is 7. The van der Waals surface area contributed by atoms with Gasteiger partial charge in [-0.2, -0.15) is 10.2 Å². The molecule has 3 aromatic heterocycles. The predicted molar refractivity (Wildman–Crippen MR) is 106 cm³/mol. The van der Waals surface area contributed by atoms with Gasteiger partial charge in [0.05, 0.1) is 24.2 Å². The molecule has 1 amide bonds. The molecule has 2 fully saturated rings. The molecule has 148 valence electrons. The average Bonchev–Trinajstić information content (AvgIpc) is 3.33. The SMILES string of the molecule is Cc1cc(C)nc(N2C3CCC2CN(C(=O)c2ccncc2-n2nccn2)C3)n1. The van der Waals surface area contributed by atoms with Crippen molar-refractivity contribution >= 4 is 11.9 Å². The molecular weight excluding hydrogens is 368 g/mol. The van der Waals surface area contributed by atoms with Crippen molar-refractivity contribution in [3.05, 3.63) is 53.9 Å². The van der Waals surface area contributed by atoms with Crippen LogP contribution < -0.4 is 4.90 Å². The third-order valence-corrected chi connectivity index (χ3v) is 5.64. The Morgan fingerprint density at radius 1 is 1.00 bits per heavy atom. The van der Waals surface area contributed by atoms with E-state index in [0.717, 1.165) is 30.2 Å². The van der Waals surface area contributed by atoms with E-state index in [1.54, 1.807) is 30.9 Å². The van der Waals surface area contributed by atoms with E-state index in [4.69, 9.17) is 0 Å². The smallest absolute Gasteiger partial charge is 0.256 e. The number of amides is 1. The molecule has 0 N–H and O–H groups in total. The van der Waals surface area contributed by atoms with Crippen LogP contribution in [-0.4, -0.2) is 65.9 Å². The summed E-state index contributed by atoms with van der Waals surface area (Å²) in [5, 5.41) is 8.31. The van der Waals surface area contributed by atoms with Crippen LogP contribution in [0.25, 0.3) is 5.69 Å². The molecule has 2 bridgehead atoms. The number of carbonyl (C=O) groups excluding carboxylic acids is 1. The molecule has 5 heterocycles. The Hall–Kier alpha value is -3.36. The van der Waals surface area contributed by atoms with Gasteiger partial charge in [-0.15, -0.1) is 4.80 Å². The fourth-order valence-electron chi connectivity index (χ4n) is 4.45. The molecule has 0 spiro atoms. The van der Waals surface area contributed by atoms with Gasteiger partial charge in [-0.3, -0.25) is 9.78 Å². The lowest BCUT2D eigenvalue weighted by Crippen LogP contribution is -2.56. The van der Waals surface area contributed by atoms with E-state index in [1.807, 2.05) is 24.8 Å². The topological polar surface area (TPSA) is 92.9 Å². The standard InChI is InChI=1S/C20H22N8O/c1-13-9-14(2)25-20(24-13)27-15-3-4-16(27)12-26(11-15)19(29)17-5-6-21-10-18(17)28-22-7-8-23-28/h5-10,15-16H,3-4,11-12H2,1-2H3. The highest BCUT2D eigenvalue weighted by Crippen LogP contribution is 2.34. The van der Waals surface area contributed by atoms with Gasteiger partial charge in [-0.1, -0.05) is 0 Å². The lowest BCUT2D eigenvalue weighted by Gasteiger charge is -2.41. The van der Waals surface area contributed by atoms with Gasteiger partial charge < -0.3 is 9.80 Å². The Labute approximate surface area is 168 Å². The molecule has 0 saturated carbocycles. The molecule has 2 aliphatic rings. The van der Waals surface area contributed by atoms with Crippen LogP contribution in [-0.2, 0) is 0 Å². The molecule has 5 rings (SSSR count). The zero-order valence-electron chi connectivity index (χ0n) is 16.4. The largest absolute Gasteiger partial charge is 0.334 e. The minimum absolute atomic E-state index is 0.0161. The zero-order chi connectivity index (χ0) is 20.0. The van der Waals surface area contributed by atoms with Gasteiger partial charge in [0.15, 0.2) is 0 Å². The van der Waals surface area contributed by atoms with Crippen molar-refractivity contribution < 1.29 is 4.79 Å². The van der Waals surface area contributed by atoms with Gasteiger partial charge in [-0.25, -0.2) is 9.97 Å². The molecule has 9 heteroatoms. The van der Waals surface area contributed by atoms with Crippen molar-refractivity contribution in [1.29, 1.82) is 0 Å². The lowest BCUT2D eigenvalue weighted by molar-refractivity contribution is 0.0716. The van der Waals surface area contributed by atoms with Crippen LogP contribution in [0.1, 0.15) is 34.6 Å². The number of pyridine rings is 1. The number of piperazine rings is 1. The van der Waals surface area contributed by atoms with Crippen molar-refractivity contribution in [2.45, 2.75) is 38.8 Å². The Balaban J connectivity index is 1.41. The molecule has 2 atom stereocenters. The highest BCUT2D eigenvalue weighted by Gasteiger charge is 2.43. The van der Waals surface area contributed by atoms with Crippen LogP contribution in [0.3, 0.4) is 0 Å². The van der Waals surface area contributed by atoms with Gasteiger partial charge in [0, 0.05) is 42.8 Å². The summed E-state index contributed by atoms with van der Waals surface area (Å²) in [6.07, 6.45) is 8.51. The maximum atomic E-state index is 13.4. The van der Waals surface area contributed by atoms with Crippen LogP contribution in [0.2, 0.25) is 0 Å². The minimum Gasteiger partial charge on any atom is -0.334 e. The van der Waals surface area contributed by atoms with Crippen LogP contribution in [0.15, 0.2) is 36.9 Å². The molecule has 2 aliphatic heterocycles. The summed E-state index contributed by atoms with van der Waals surface area (Å²) in [4.78, 5) is 32.5. The van der Waals surface area contributed by atoms with Crippen LogP contribution in [0.5, 0.6) is 0 Å². The Morgan fingerprint density at radius 3 is 2.31 bits per heavy atom. The van der Waals surface area contributed by atoms with Crippen molar-refractivity contribution in [1.82, 2.24) is 34.8 Å². The molecule has 0 aromatic carbocycles. The number of likely N-dealkylation sites (tertiary alicyclic amines) is 1. The van der Waals surface area contributed by atoms with Crippen molar-refractivity contribution in [3.63, 3.8) is 0 Å². The molecule has 0 aliphatic carbocycles. The van der Waals surface area contributed by atoms with E-state index in [9.17, 15) is 4.79 Å². The van der Waals surface area contributed by atoms with Gasteiger partial charge in [-0.05, 0) is 38.8 Å². The number of aromatic nitrogens is 6. The summed E-state index contributed by atoms with van der Waals surface area (Å²) in [6.45, 7) is 5.29. The first-order valence-corrected chi connectivity index (χ1v) is 9.81. The third-order valence-electron chi connectivity index (χ3n) is 5.64. The van der Waals surface area contributed by atoms with Gasteiger partial charge in [0.1, 0.15) is 5.69 Å². The maximum Gasteiger partial charge on any atom is 0.256 e. The summed E-state index contributed by atoms with van der Waals surface area (Å²) >= 11 is 0. The maximum absolute atomic E-state index is 13.4. The number of aryl methyl sites for hydroxylation is 2. The van der Waals surface area contributed by atoms with Gasteiger partial charge in [0.2, 0.25) is 5.95 Å². The number of rotatable bonds is 3. The number of nitrogens with zero attached hydrogens (tertiary/aromatic N) is 8. The van der Waals surface area contributed by atoms with E-state index in [2.05, 4.69) is 30.0 Å². The van der Waals surface area contributed by atoms with Crippen molar-refractivity contribution in [2.24, 2.45) is 0 Å². The van der Waals surface area contributed by atoms with Crippen molar-refractivity contribution in [2.75, 3.05) is 18.0 Å². The number of hydrogen-bond donors (Lipinski definition) is 0. The monoisotopic (exact) mass is 390 g/mol. The van der Waals surface area contributed by atoms with E-state index < -0.39 is 0 Å². The average molecular weight is 390 g/mol. The molecular formula is C20H22N8O. The summed E-state index contributed by atoms with van der Waals surface area (Å²) in [5.74, 6) is 0.769. The summed E-state index contributed by atoms with van der Waals surface area (Å²) < 4.78 is 0. The minimum atomic E-state index is -0.0161. The summed E-state index contributed by atoms with van der Waals surface area (Å²) in [7, 11) is 0. The Bertz CT molecular complexity index is 1020. The number of anilines is 1. The molecule has 3 aromatic rings. The first-order valence-electron chi connectivity index (χ1n) is 9.81. The number of carbonyl (C=O) groups is 1. The second kappa shape index (κ2) is 6.91. The summed E-state index contributed by atoms with van der Waals surface area (Å²) in [5.41, 5.74) is 3.10. The third kappa shape index (κ3) is 3.12. The zero-order valence-corrected chi connectivity index (χ0v) is 16.4. The molecule has 2 unspecified atom stereocenters. The Kier molecular flexibility index (Phi) is 4.22. The van der Waals surface area contributed by atoms with E-state index in [1.165, 1.54) is 4.80 Å². The second-order valence-electron chi connectivity index (χ2n) is 7.66. The highest BCUT2D eigenvalue weighted by molar-refractivity contribution is 5.97. The molecule has 0 radical (unpaired) electrons. The predicted octanol–water partition coefficient (Wildman–Crippen LogP) is 1.56. The van der Waals surface area contributed by atoms with E-state index >= 15 is 0 Å².